The van der Waals surface area contributed by atoms with Gasteiger partial charge in [0.25, 0.3) is 0 Å². The lowest BCUT2D eigenvalue weighted by atomic mass is 10.0. The maximum Gasteiger partial charge on any atom is 0.191 e. The molecule has 0 heterocycles. The lowest BCUT2D eigenvalue weighted by molar-refractivity contribution is 0.253. The number of hydrogen-bond donors (Lipinski definition) is 3. The van der Waals surface area contributed by atoms with Gasteiger partial charge in [0.05, 0.1) is 7.11 Å². The number of methoxy groups -OCH3 is 1. The molecule has 0 spiro atoms. The second-order valence-electron chi connectivity index (χ2n) is 6.62. The average molecular weight is 364 g/mol. The molecule has 0 bridgehead atoms. The zero-order valence-electron chi connectivity index (χ0n) is 16.8. The molecule has 0 fully saturated rings. The number of unbranched alkanes of at least 4 members (excludes halogenated alkanes) is 1. The van der Waals surface area contributed by atoms with E-state index in [2.05, 4.69) is 36.6 Å². The number of hydrogen-bond acceptors (Lipinski definition) is 3. The summed E-state index contributed by atoms with van der Waals surface area (Å²) in [6.07, 6.45) is 6.40. The number of benzene rings is 1. The van der Waals surface area contributed by atoms with Gasteiger partial charge < -0.3 is 20.5 Å². The van der Waals surface area contributed by atoms with E-state index >= 15 is 0 Å². The summed E-state index contributed by atoms with van der Waals surface area (Å²) in [6, 6.07) is 8.30. The molecule has 3 N–H and O–H groups in total. The molecule has 0 saturated heterocycles. The third-order valence-electron chi connectivity index (χ3n) is 4.43. The number of guanidine groups is 1. The molecule has 148 valence electrons. The molecular weight excluding hydrogens is 326 g/mol. The number of aliphatic imine (C=N–C) groups is 1. The molecule has 0 aliphatic rings. The van der Waals surface area contributed by atoms with Crippen LogP contribution in [0.15, 0.2) is 29.3 Å². The van der Waals surface area contributed by atoms with E-state index in [1.165, 1.54) is 5.56 Å². The summed E-state index contributed by atoms with van der Waals surface area (Å²) in [5, 5.41) is 15.9. The van der Waals surface area contributed by atoms with E-state index in [-0.39, 0.29) is 6.61 Å². The van der Waals surface area contributed by atoms with Crippen molar-refractivity contribution >= 4 is 5.96 Å². The summed E-state index contributed by atoms with van der Waals surface area (Å²) in [5.41, 5.74) is 1.35. The van der Waals surface area contributed by atoms with Crippen LogP contribution in [0.3, 0.4) is 0 Å². The molecule has 0 aromatic heterocycles. The fourth-order valence-corrected chi connectivity index (χ4v) is 2.93. The van der Waals surface area contributed by atoms with Crippen molar-refractivity contribution < 1.29 is 9.84 Å². The van der Waals surface area contributed by atoms with E-state index in [0.29, 0.717) is 5.92 Å². The van der Waals surface area contributed by atoms with E-state index < -0.39 is 0 Å². The van der Waals surface area contributed by atoms with Crippen molar-refractivity contribution in [1.82, 2.24) is 10.6 Å². The highest BCUT2D eigenvalue weighted by Gasteiger charge is 2.07. The number of nitrogens with one attached hydrogen (secondary N) is 2. The summed E-state index contributed by atoms with van der Waals surface area (Å²) in [6.45, 7) is 7.06. The lowest BCUT2D eigenvalue weighted by Crippen LogP contribution is -2.38. The predicted molar refractivity (Wildman–Crippen MR) is 110 cm³/mol. The molecule has 5 nitrogen and oxygen atoms in total. The van der Waals surface area contributed by atoms with Gasteiger partial charge in [0.15, 0.2) is 5.96 Å². The fourth-order valence-electron chi connectivity index (χ4n) is 2.93. The molecular formula is C21H37N3O2. The first kappa shape index (κ1) is 22.3. The second-order valence-corrected chi connectivity index (χ2v) is 6.62. The highest BCUT2D eigenvalue weighted by Crippen LogP contribution is 2.13. The summed E-state index contributed by atoms with van der Waals surface area (Å²) in [4.78, 5) is 4.70. The van der Waals surface area contributed by atoms with Crippen LogP contribution in [0.2, 0.25) is 0 Å². The molecule has 1 rings (SSSR count). The van der Waals surface area contributed by atoms with Crippen molar-refractivity contribution in [3.05, 3.63) is 29.8 Å². The Morgan fingerprint density at radius 1 is 1.12 bits per heavy atom. The van der Waals surface area contributed by atoms with E-state index in [0.717, 1.165) is 69.9 Å². The first-order valence-electron chi connectivity index (χ1n) is 9.99. The molecule has 1 aromatic rings. The van der Waals surface area contributed by atoms with Gasteiger partial charge in [-0.05, 0) is 62.6 Å². The average Bonchev–Trinajstić information content (AvgIpc) is 2.66. The van der Waals surface area contributed by atoms with E-state index in [1.807, 2.05) is 12.1 Å². The summed E-state index contributed by atoms with van der Waals surface area (Å²) >= 11 is 0. The Morgan fingerprint density at radius 2 is 1.88 bits per heavy atom. The van der Waals surface area contributed by atoms with Crippen molar-refractivity contribution in [2.24, 2.45) is 10.9 Å². The van der Waals surface area contributed by atoms with Crippen LogP contribution in [0.1, 0.15) is 51.5 Å². The van der Waals surface area contributed by atoms with Gasteiger partial charge >= 0.3 is 0 Å². The Morgan fingerprint density at radius 3 is 2.50 bits per heavy atom. The first-order chi connectivity index (χ1) is 12.7. The van der Waals surface area contributed by atoms with Gasteiger partial charge in [-0.2, -0.15) is 0 Å². The van der Waals surface area contributed by atoms with E-state index in [9.17, 15) is 0 Å². The maximum atomic E-state index is 9.17. The minimum atomic E-state index is 0.246. The molecule has 1 unspecified atom stereocenters. The highest BCUT2D eigenvalue weighted by molar-refractivity contribution is 5.79. The fraction of sp³-hybridized carbons (Fsp3) is 0.667. The van der Waals surface area contributed by atoms with E-state index in [4.69, 9.17) is 14.8 Å². The summed E-state index contributed by atoms with van der Waals surface area (Å²) < 4.78 is 5.19. The largest absolute Gasteiger partial charge is 0.497 e. The molecule has 5 heteroatoms. The third kappa shape index (κ3) is 9.66. The number of aliphatic hydroxyl groups excluding tert-OH is 1. The minimum absolute atomic E-state index is 0.246. The minimum Gasteiger partial charge on any atom is -0.497 e. The van der Waals surface area contributed by atoms with E-state index in [1.54, 1.807) is 7.11 Å². The Balaban J connectivity index is 2.31. The van der Waals surface area contributed by atoms with Gasteiger partial charge in [-0.1, -0.05) is 25.5 Å². The summed E-state index contributed by atoms with van der Waals surface area (Å²) in [5.74, 6) is 2.26. The SMILES string of the molecule is CCCC(CCO)CN=C(NCC)NCCCCc1ccc(OC)cc1. The quantitative estimate of drug-likeness (QED) is 0.286. The number of nitrogens with zero attached hydrogens (tertiary/aromatic N) is 1. The molecule has 0 amide bonds. The second kappa shape index (κ2) is 14.4. The van der Waals surface area contributed by atoms with Crippen molar-refractivity contribution in [3.8, 4) is 5.75 Å². The monoisotopic (exact) mass is 363 g/mol. The number of rotatable bonds is 13. The number of aryl methyl sites for hydroxylation is 1. The van der Waals surface area contributed by atoms with Crippen LogP contribution in [-0.2, 0) is 6.42 Å². The van der Waals surface area contributed by atoms with Gasteiger partial charge in [-0.15, -0.1) is 0 Å². The molecule has 1 aromatic carbocycles. The van der Waals surface area contributed by atoms with Crippen LogP contribution < -0.4 is 15.4 Å². The Hall–Kier alpha value is -1.75. The van der Waals surface area contributed by atoms with Crippen LogP contribution in [-0.4, -0.2) is 44.4 Å². The topological polar surface area (TPSA) is 65.9 Å². The van der Waals surface area contributed by atoms with Crippen LogP contribution in [0.5, 0.6) is 5.75 Å². The van der Waals surface area contributed by atoms with Crippen LogP contribution in [0.25, 0.3) is 0 Å². The van der Waals surface area contributed by atoms with Crippen molar-refractivity contribution in [2.45, 2.75) is 52.4 Å². The van der Waals surface area contributed by atoms with Gasteiger partial charge in [0, 0.05) is 26.2 Å². The highest BCUT2D eigenvalue weighted by atomic mass is 16.5. The Kier molecular flexibility index (Phi) is 12.4. The van der Waals surface area contributed by atoms with Gasteiger partial charge in [0.1, 0.15) is 5.75 Å². The molecule has 0 saturated carbocycles. The van der Waals surface area contributed by atoms with Crippen LogP contribution in [0.4, 0.5) is 0 Å². The Bertz CT molecular complexity index is 483. The normalized spacial score (nSPS) is 12.7. The molecule has 0 radical (unpaired) electrons. The standard InChI is InChI=1S/C21H37N3O2/c1-4-8-19(14-16-25)17-24-21(22-5-2)23-15-7-6-9-18-10-12-20(26-3)13-11-18/h10-13,19,25H,4-9,14-17H2,1-3H3,(H2,22,23,24). The first-order valence-corrected chi connectivity index (χ1v) is 9.99. The predicted octanol–water partition coefficient (Wildman–Crippen LogP) is 3.37. The third-order valence-corrected chi connectivity index (χ3v) is 4.43. The molecule has 26 heavy (non-hydrogen) atoms. The molecule has 1 atom stereocenters. The van der Waals surface area contributed by atoms with Crippen molar-refractivity contribution in [2.75, 3.05) is 33.4 Å². The summed E-state index contributed by atoms with van der Waals surface area (Å²) in [7, 11) is 1.69. The van der Waals surface area contributed by atoms with Gasteiger partial charge in [0.2, 0.25) is 0 Å². The number of aliphatic hydroxyl groups is 1. The zero-order valence-corrected chi connectivity index (χ0v) is 16.8. The van der Waals surface area contributed by atoms with Crippen molar-refractivity contribution in [3.63, 3.8) is 0 Å². The van der Waals surface area contributed by atoms with Crippen molar-refractivity contribution in [1.29, 1.82) is 0 Å². The molecule has 0 aliphatic heterocycles. The Labute approximate surface area is 159 Å². The smallest absolute Gasteiger partial charge is 0.191 e. The van der Waals surface area contributed by atoms with Crippen LogP contribution >= 0.6 is 0 Å². The number of ether oxygens (including phenoxy) is 1. The lowest BCUT2D eigenvalue weighted by Gasteiger charge is -2.15. The van der Waals surface area contributed by atoms with Crippen LogP contribution in [0, 0.1) is 5.92 Å². The molecule has 0 aliphatic carbocycles. The maximum absolute atomic E-state index is 9.17. The van der Waals surface area contributed by atoms with Gasteiger partial charge in [-0.25, -0.2) is 0 Å². The zero-order chi connectivity index (χ0) is 19.0. The van der Waals surface area contributed by atoms with Gasteiger partial charge in [-0.3, -0.25) is 4.99 Å².